The maximum Gasteiger partial charge on any atom is 0.308 e. The average molecular weight is 406 g/mol. The number of benzene rings is 2. The van der Waals surface area contributed by atoms with Crippen LogP contribution >= 0.6 is 0 Å². The Morgan fingerprint density at radius 2 is 1.50 bits per heavy atom. The number of phenolic OH excluding ortho intramolecular Hbond substituents is 1. The van der Waals surface area contributed by atoms with Gasteiger partial charge in [0.15, 0.2) is 11.5 Å². The Bertz CT molecular complexity index is 1380. The van der Waals surface area contributed by atoms with Crippen LogP contribution in [0.4, 0.5) is 0 Å². The van der Waals surface area contributed by atoms with E-state index in [9.17, 15) is 24.3 Å². The number of ether oxygens (including phenoxy) is 1. The van der Waals surface area contributed by atoms with Crippen molar-refractivity contribution in [2.75, 3.05) is 0 Å². The zero-order chi connectivity index (χ0) is 21.8. The van der Waals surface area contributed by atoms with Crippen LogP contribution < -0.4 is 15.9 Å². The molecule has 30 heavy (non-hydrogen) atoms. The number of H-pyrrole nitrogens is 2. The van der Waals surface area contributed by atoms with Crippen LogP contribution in [-0.4, -0.2) is 26.8 Å². The van der Waals surface area contributed by atoms with Gasteiger partial charge in [-0.1, -0.05) is 12.1 Å². The molecule has 0 spiro atoms. The van der Waals surface area contributed by atoms with Gasteiger partial charge in [-0.15, -0.1) is 0 Å². The Morgan fingerprint density at radius 1 is 0.833 bits per heavy atom. The fraction of sp³-hybridized carbons (Fsp3) is 0.0909. The normalized spacial score (nSPS) is 10.3. The molecule has 3 N–H and O–H groups in total. The van der Waals surface area contributed by atoms with E-state index in [0.717, 1.165) is 5.39 Å². The van der Waals surface area contributed by atoms with Gasteiger partial charge in [0.2, 0.25) is 11.1 Å². The molecule has 0 aliphatic rings. The van der Waals surface area contributed by atoms with Crippen molar-refractivity contribution >= 4 is 33.6 Å². The van der Waals surface area contributed by atoms with E-state index >= 15 is 0 Å². The first kappa shape index (κ1) is 20.5. The summed E-state index contributed by atoms with van der Waals surface area (Å²) in [5.74, 6) is -0.176. The monoisotopic (exact) mass is 406 g/mol. The minimum absolute atomic E-state index is 0.0345. The summed E-state index contributed by atoms with van der Waals surface area (Å²) in [7, 11) is 0. The Balaban J connectivity index is 0.000000171. The van der Waals surface area contributed by atoms with Crippen molar-refractivity contribution in [1.82, 2.24) is 9.97 Å². The van der Waals surface area contributed by atoms with E-state index in [1.165, 1.54) is 44.2 Å². The van der Waals surface area contributed by atoms with Crippen LogP contribution in [-0.2, 0) is 4.79 Å². The molecule has 0 unspecified atom stereocenters. The van der Waals surface area contributed by atoms with Crippen molar-refractivity contribution < 1.29 is 19.4 Å². The van der Waals surface area contributed by atoms with Gasteiger partial charge in [-0.25, -0.2) is 0 Å². The number of aromatic nitrogens is 2. The zero-order valence-corrected chi connectivity index (χ0v) is 16.2. The molecule has 0 saturated heterocycles. The topological polar surface area (TPSA) is 129 Å². The van der Waals surface area contributed by atoms with Gasteiger partial charge in [0.25, 0.3) is 0 Å². The number of aromatic hydroxyl groups is 1. The molecule has 4 rings (SSSR count). The average Bonchev–Trinajstić information content (AvgIpc) is 2.69. The zero-order valence-electron chi connectivity index (χ0n) is 16.2. The fourth-order valence-corrected chi connectivity index (χ4v) is 2.93. The number of para-hydroxylation sites is 1. The fourth-order valence-electron chi connectivity index (χ4n) is 2.93. The molecule has 0 saturated carbocycles. The summed E-state index contributed by atoms with van der Waals surface area (Å²) in [6.07, 6.45) is 0. The maximum absolute atomic E-state index is 11.3. The number of hydrogen-bond donors (Lipinski definition) is 3. The van der Waals surface area contributed by atoms with E-state index in [2.05, 4.69) is 9.97 Å². The summed E-state index contributed by atoms with van der Waals surface area (Å²) in [4.78, 5) is 49.4. The molecule has 152 valence electrons. The first-order valence-corrected chi connectivity index (χ1v) is 8.92. The molecule has 0 aliphatic heterocycles. The summed E-state index contributed by atoms with van der Waals surface area (Å²) < 4.78 is 4.97. The number of ketones is 1. The molecule has 0 bridgehead atoms. The third-order valence-corrected chi connectivity index (χ3v) is 4.23. The second-order valence-electron chi connectivity index (χ2n) is 6.44. The summed E-state index contributed by atoms with van der Waals surface area (Å²) in [5, 5.41) is 10.9. The van der Waals surface area contributed by atoms with E-state index in [4.69, 9.17) is 4.74 Å². The van der Waals surface area contributed by atoms with E-state index in [1.807, 2.05) is 6.07 Å². The minimum Gasteiger partial charge on any atom is -0.506 e. The summed E-state index contributed by atoms with van der Waals surface area (Å²) in [5.41, 5.74) is 0.801. The SMILES string of the molecule is CC(=O)Oc1cccc2ccc(=O)[nH]c12.CC(=O)c1ccc(O)c2[nH]c(=O)ccc12. The summed E-state index contributed by atoms with van der Waals surface area (Å²) in [6.45, 7) is 2.76. The second kappa shape index (κ2) is 8.44. The predicted octanol–water partition coefficient (Wildman–Crippen LogP) is 2.89. The standard InChI is InChI=1S/2C11H9NO3/c1-6(13)7-2-4-9(14)11-8(7)3-5-10(15)12-11;1-7(13)15-9-4-2-3-8-5-6-10(14)12-11(8)9/h2-5,14H,1H3,(H,12,15);2-6H,1H3,(H,12,14). The van der Waals surface area contributed by atoms with Gasteiger partial charge in [-0.2, -0.15) is 0 Å². The highest BCUT2D eigenvalue weighted by Gasteiger charge is 2.09. The van der Waals surface area contributed by atoms with Gasteiger partial charge < -0.3 is 19.8 Å². The van der Waals surface area contributed by atoms with E-state index in [0.29, 0.717) is 27.7 Å². The number of esters is 1. The van der Waals surface area contributed by atoms with Gasteiger partial charge in [0.1, 0.15) is 5.75 Å². The minimum atomic E-state index is -0.410. The maximum atomic E-state index is 11.3. The van der Waals surface area contributed by atoms with Gasteiger partial charge in [0.05, 0.1) is 11.0 Å². The lowest BCUT2D eigenvalue weighted by molar-refractivity contribution is -0.131. The number of carbonyl (C=O) groups excluding carboxylic acids is 2. The lowest BCUT2D eigenvalue weighted by Crippen LogP contribution is -2.06. The van der Waals surface area contributed by atoms with Gasteiger partial charge in [0, 0.05) is 35.4 Å². The number of fused-ring (bicyclic) bond motifs is 2. The number of rotatable bonds is 2. The largest absolute Gasteiger partial charge is 0.506 e. The van der Waals surface area contributed by atoms with E-state index < -0.39 is 5.97 Å². The number of Topliss-reactive ketones (excluding diaryl/α,β-unsaturated/α-hetero) is 1. The smallest absolute Gasteiger partial charge is 0.308 e. The Morgan fingerprint density at radius 3 is 2.17 bits per heavy atom. The molecular formula is C22H18N2O6. The molecule has 0 amide bonds. The molecule has 8 nitrogen and oxygen atoms in total. The lowest BCUT2D eigenvalue weighted by Gasteiger charge is -2.04. The highest BCUT2D eigenvalue weighted by Crippen LogP contribution is 2.24. The molecule has 0 atom stereocenters. The van der Waals surface area contributed by atoms with E-state index in [-0.39, 0.29) is 22.7 Å². The molecule has 2 aromatic carbocycles. The summed E-state index contributed by atoms with van der Waals surface area (Å²) >= 11 is 0. The third kappa shape index (κ3) is 4.44. The molecule has 2 heterocycles. The second-order valence-corrected chi connectivity index (χ2v) is 6.44. The molecule has 0 radical (unpaired) electrons. The number of nitrogens with one attached hydrogen (secondary N) is 2. The van der Waals surface area contributed by atoms with Gasteiger partial charge >= 0.3 is 5.97 Å². The van der Waals surface area contributed by atoms with Crippen LogP contribution in [0.1, 0.15) is 24.2 Å². The number of carbonyl (C=O) groups is 2. The van der Waals surface area contributed by atoms with E-state index in [1.54, 1.807) is 18.2 Å². The van der Waals surface area contributed by atoms with Crippen LogP contribution in [0.2, 0.25) is 0 Å². The van der Waals surface area contributed by atoms with Crippen molar-refractivity contribution in [3.05, 3.63) is 80.9 Å². The molecule has 0 fully saturated rings. The first-order valence-electron chi connectivity index (χ1n) is 8.92. The van der Waals surface area contributed by atoms with Crippen LogP contribution in [0.25, 0.3) is 21.8 Å². The Kier molecular flexibility index (Phi) is 5.78. The number of pyridine rings is 2. The van der Waals surface area contributed by atoms with Crippen molar-refractivity contribution in [1.29, 1.82) is 0 Å². The highest BCUT2D eigenvalue weighted by molar-refractivity contribution is 6.07. The number of hydrogen-bond acceptors (Lipinski definition) is 6. The van der Waals surface area contributed by atoms with Crippen molar-refractivity contribution in [2.24, 2.45) is 0 Å². The van der Waals surface area contributed by atoms with Gasteiger partial charge in [-0.05, 0) is 37.3 Å². The van der Waals surface area contributed by atoms with Crippen LogP contribution in [0.5, 0.6) is 11.5 Å². The van der Waals surface area contributed by atoms with Gasteiger partial charge in [-0.3, -0.25) is 19.2 Å². The van der Waals surface area contributed by atoms with Crippen LogP contribution in [0, 0.1) is 0 Å². The van der Waals surface area contributed by atoms with Crippen molar-refractivity contribution in [3.8, 4) is 11.5 Å². The predicted molar refractivity (Wildman–Crippen MR) is 112 cm³/mol. The molecule has 8 heteroatoms. The van der Waals surface area contributed by atoms with Crippen molar-refractivity contribution in [3.63, 3.8) is 0 Å². The number of aromatic amines is 2. The number of phenols is 1. The quantitative estimate of drug-likeness (QED) is 0.267. The highest BCUT2D eigenvalue weighted by atomic mass is 16.5. The Labute approximate surface area is 169 Å². The van der Waals surface area contributed by atoms with Crippen LogP contribution in [0.3, 0.4) is 0 Å². The van der Waals surface area contributed by atoms with Crippen molar-refractivity contribution in [2.45, 2.75) is 13.8 Å². The lowest BCUT2D eigenvalue weighted by atomic mass is 10.1. The third-order valence-electron chi connectivity index (χ3n) is 4.23. The molecule has 0 aliphatic carbocycles. The van der Waals surface area contributed by atoms with Crippen LogP contribution in [0.15, 0.2) is 64.2 Å². The Hall–Kier alpha value is -4.20. The summed E-state index contributed by atoms with van der Waals surface area (Å²) in [6, 6.07) is 14.1. The molecule has 4 aromatic rings. The first-order chi connectivity index (χ1) is 14.3. The molecule has 2 aromatic heterocycles. The molecular weight excluding hydrogens is 388 g/mol.